The van der Waals surface area contributed by atoms with Gasteiger partial charge in [0.1, 0.15) is 11.4 Å². The van der Waals surface area contributed by atoms with Gasteiger partial charge in [0.05, 0.1) is 0 Å². The number of barbiturate groups is 1. The highest BCUT2D eigenvalue weighted by Crippen LogP contribution is 2.28. The fourth-order valence-corrected chi connectivity index (χ4v) is 4.43. The van der Waals surface area contributed by atoms with Crippen molar-refractivity contribution in [1.29, 1.82) is 0 Å². The van der Waals surface area contributed by atoms with Crippen LogP contribution in [0.1, 0.15) is 54.6 Å². The van der Waals surface area contributed by atoms with Gasteiger partial charge in [-0.3, -0.25) is 19.8 Å². The van der Waals surface area contributed by atoms with Crippen LogP contribution in [0.3, 0.4) is 0 Å². The molecule has 3 heterocycles. The van der Waals surface area contributed by atoms with Crippen molar-refractivity contribution in [2.24, 2.45) is 0 Å². The van der Waals surface area contributed by atoms with E-state index < -0.39 is 17.8 Å². The molecule has 0 unspecified atom stereocenters. The highest BCUT2D eigenvalue weighted by molar-refractivity contribution is 6.31. The van der Waals surface area contributed by atoms with E-state index in [-0.39, 0.29) is 11.6 Å². The normalized spacial score (nSPS) is 19.5. The number of pyridine rings is 1. The number of rotatable bonds is 3. The zero-order valence-corrected chi connectivity index (χ0v) is 17.6. The minimum atomic E-state index is -0.643. The molecule has 0 bridgehead atoms. The molecular formula is C23H26N4O3. The number of aryl methyl sites for hydroxylation is 2. The number of carbonyl (C=O) groups excluding carboxylic acids is 3. The van der Waals surface area contributed by atoms with Crippen LogP contribution in [-0.2, 0) is 9.59 Å². The Morgan fingerprint density at radius 2 is 1.80 bits per heavy atom. The number of hydrogen-bond donors (Lipinski definition) is 1. The zero-order chi connectivity index (χ0) is 21.4. The first-order valence-electron chi connectivity index (χ1n) is 10.4. The van der Waals surface area contributed by atoms with Crippen LogP contribution in [0.25, 0.3) is 11.9 Å². The molecule has 4 amide bonds. The van der Waals surface area contributed by atoms with Crippen LogP contribution >= 0.6 is 0 Å². The third-order valence-electron chi connectivity index (χ3n) is 5.97. The van der Waals surface area contributed by atoms with Gasteiger partial charge in [0, 0.05) is 23.6 Å². The van der Waals surface area contributed by atoms with Crippen molar-refractivity contribution >= 4 is 23.9 Å². The number of nitrogens with one attached hydrogen (secondary N) is 1. The summed E-state index contributed by atoms with van der Waals surface area (Å²) in [6.45, 7) is 5.89. The Balaban J connectivity index is 1.71. The maximum Gasteiger partial charge on any atom is 0.331 e. The van der Waals surface area contributed by atoms with E-state index in [2.05, 4.69) is 10.3 Å². The van der Waals surface area contributed by atoms with E-state index in [9.17, 15) is 14.4 Å². The minimum Gasteiger partial charge on any atom is -0.303 e. The van der Waals surface area contributed by atoms with E-state index in [0.29, 0.717) is 0 Å². The van der Waals surface area contributed by atoms with Gasteiger partial charge >= 0.3 is 6.03 Å². The molecular weight excluding hydrogens is 380 g/mol. The molecule has 2 fully saturated rings. The largest absolute Gasteiger partial charge is 0.331 e. The lowest BCUT2D eigenvalue weighted by Crippen LogP contribution is -2.58. The lowest BCUT2D eigenvalue weighted by Gasteiger charge is -2.35. The van der Waals surface area contributed by atoms with Crippen molar-refractivity contribution in [3.05, 3.63) is 52.5 Å². The molecule has 0 spiro atoms. The molecule has 4 rings (SSSR count). The molecule has 1 saturated heterocycles. The van der Waals surface area contributed by atoms with Crippen LogP contribution in [0.2, 0.25) is 0 Å². The molecule has 2 aromatic rings. The minimum absolute atomic E-state index is 0.00220. The van der Waals surface area contributed by atoms with Crippen molar-refractivity contribution in [2.45, 2.75) is 58.9 Å². The highest BCUT2D eigenvalue weighted by atomic mass is 16.2. The number of hydrogen-bond acceptors (Lipinski definition) is 4. The molecule has 7 heteroatoms. The summed E-state index contributed by atoms with van der Waals surface area (Å²) in [5, 5.41) is 2.35. The molecule has 2 aliphatic rings. The summed E-state index contributed by atoms with van der Waals surface area (Å²) in [4.78, 5) is 43.7. The number of aromatic nitrogens is 2. The fourth-order valence-electron chi connectivity index (χ4n) is 4.43. The maximum absolute atomic E-state index is 13.1. The Morgan fingerprint density at radius 3 is 2.50 bits per heavy atom. The summed E-state index contributed by atoms with van der Waals surface area (Å²) in [5.74, 6) is -0.363. The quantitative estimate of drug-likeness (QED) is 0.624. The van der Waals surface area contributed by atoms with E-state index in [1.807, 2.05) is 43.5 Å². The predicted octanol–water partition coefficient (Wildman–Crippen LogP) is 3.59. The SMILES string of the molecule is Cc1ccnc(-n2c(C)cc(C=C3C(=O)NC(=O)N(C4CCCCC4)C3=O)c2C)c1. The third kappa shape index (κ3) is 3.56. The molecule has 30 heavy (non-hydrogen) atoms. The summed E-state index contributed by atoms with van der Waals surface area (Å²) in [6, 6.07) is 5.09. The molecule has 2 aromatic heterocycles. The van der Waals surface area contributed by atoms with Crippen LogP contribution in [0.4, 0.5) is 4.79 Å². The van der Waals surface area contributed by atoms with Gasteiger partial charge < -0.3 is 4.57 Å². The van der Waals surface area contributed by atoms with Gasteiger partial charge in [-0.2, -0.15) is 0 Å². The molecule has 1 aliphatic heterocycles. The van der Waals surface area contributed by atoms with Crippen molar-refractivity contribution in [2.75, 3.05) is 0 Å². The molecule has 0 aromatic carbocycles. The van der Waals surface area contributed by atoms with E-state index >= 15 is 0 Å². The number of carbonyl (C=O) groups is 3. The summed E-state index contributed by atoms with van der Waals surface area (Å²) in [5.41, 5.74) is 3.67. The van der Waals surface area contributed by atoms with Crippen LogP contribution < -0.4 is 5.32 Å². The lowest BCUT2D eigenvalue weighted by molar-refractivity contribution is -0.132. The molecule has 1 saturated carbocycles. The van der Waals surface area contributed by atoms with Crippen molar-refractivity contribution in [3.8, 4) is 5.82 Å². The first-order valence-corrected chi connectivity index (χ1v) is 10.4. The van der Waals surface area contributed by atoms with Crippen LogP contribution in [0.15, 0.2) is 30.0 Å². The molecule has 1 aliphatic carbocycles. The van der Waals surface area contributed by atoms with E-state index in [1.54, 1.807) is 12.3 Å². The monoisotopic (exact) mass is 406 g/mol. The average Bonchev–Trinajstić information content (AvgIpc) is 2.99. The summed E-state index contributed by atoms with van der Waals surface area (Å²) >= 11 is 0. The summed E-state index contributed by atoms with van der Waals surface area (Å²) in [7, 11) is 0. The van der Waals surface area contributed by atoms with Gasteiger partial charge in [0.25, 0.3) is 11.8 Å². The Bertz CT molecular complexity index is 1060. The Hall–Kier alpha value is -3.22. The zero-order valence-electron chi connectivity index (χ0n) is 17.6. The molecule has 156 valence electrons. The molecule has 0 atom stereocenters. The number of nitrogens with zero attached hydrogens (tertiary/aromatic N) is 3. The van der Waals surface area contributed by atoms with Crippen LogP contribution in [0, 0.1) is 20.8 Å². The summed E-state index contributed by atoms with van der Waals surface area (Å²) in [6.07, 6.45) is 8.00. The van der Waals surface area contributed by atoms with Gasteiger partial charge in [-0.25, -0.2) is 9.78 Å². The smallest absolute Gasteiger partial charge is 0.303 e. The standard InChI is InChI=1S/C23H26N4O3/c1-14-9-10-24-20(11-14)26-15(2)12-17(16(26)3)13-19-21(28)25-23(30)27(22(19)29)18-7-5-4-6-8-18/h9-13,18H,4-8H2,1-3H3,(H,25,28,30). The maximum atomic E-state index is 13.1. The Labute approximate surface area is 175 Å². The van der Waals surface area contributed by atoms with E-state index in [4.69, 9.17) is 0 Å². The second-order valence-electron chi connectivity index (χ2n) is 8.14. The first-order chi connectivity index (χ1) is 14.4. The van der Waals surface area contributed by atoms with Gasteiger partial charge in [-0.05, 0) is 69.0 Å². The van der Waals surface area contributed by atoms with Gasteiger partial charge in [-0.15, -0.1) is 0 Å². The highest BCUT2D eigenvalue weighted by Gasteiger charge is 2.40. The molecule has 1 N–H and O–H groups in total. The first kappa shape index (κ1) is 20.1. The lowest BCUT2D eigenvalue weighted by atomic mass is 9.93. The Kier molecular flexibility index (Phi) is 5.28. The predicted molar refractivity (Wildman–Crippen MR) is 113 cm³/mol. The number of urea groups is 1. The second kappa shape index (κ2) is 7.89. The number of imide groups is 2. The van der Waals surface area contributed by atoms with Crippen molar-refractivity contribution < 1.29 is 14.4 Å². The van der Waals surface area contributed by atoms with Crippen LogP contribution in [-0.4, -0.2) is 38.3 Å². The second-order valence-corrected chi connectivity index (χ2v) is 8.14. The van der Waals surface area contributed by atoms with Crippen molar-refractivity contribution in [1.82, 2.24) is 19.8 Å². The average molecular weight is 406 g/mol. The molecule has 7 nitrogen and oxygen atoms in total. The van der Waals surface area contributed by atoms with Crippen LogP contribution in [0.5, 0.6) is 0 Å². The van der Waals surface area contributed by atoms with E-state index in [1.165, 1.54) is 4.90 Å². The van der Waals surface area contributed by atoms with Gasteiger partial charge in [0.15, 0.2) is 0 Å². The van der Waals surface area contributed by atoms with E-state index in [0.717, 1.165) is 60.4 Å². The molecule has 0 radical (unpaired) electrons. The Morgan fingerprint density at radius 1 is 1.07 bits per heavy atom. The summed E-state index contributed by atoms with van der Waals surface area (Å²) < 4.78 is 1.99. The van der Waals surface area contributed by atoms with Gasteiger partial charge in [-0.1, -0.05) is 19.3 Å². The fraction of sp³-hybridized carbons (Fsp3) is 0.391. The number of amides is 4. The topological polar surface area (TPSA) is 84.3 Å². The van der Waals surface area contributed by atoms with Crippen molar-refractivity contribution in [3.63, 3.8) is 0 Å². The van der Waals surface area contributed by atoms with Gasteiger partial charge in [0.2, 0.25) is 0 Å². The third-order valence-corrected chi connectivity index (χ3v) is 5.97.